The number of hydrogen-bond donors (Lipinski definition) is 1. The fourth-order valence-electron chi connectivity index (χ4n) is 6.60. The Balaban J connectivity index is 1.34. The molecule has 1 saturated carbocycles. The Labute approximate surface area is 148 Å². The highest BCUT2D eigenvalue weighted by Gasteiger charge is 2.61. The number of imidazole rings is 1. The molecular weight excluding hydrogens is 310 g/mol. The van der Waals surface area contributed by atoms with E-state index >= 15 is 0 Å². The third kappa shape index (κ3) is 1.72. The van der Waals surface area contributed by atoms with Crippen molar-refractivity contribution in [1.29, 1.82) is 0 Å². The Hall–Kier alpha value is -1.65. The van der Waals surface area contributed by atoms with Gasteiger partial charge in [-0.3, -0.25) is 0 Å². The molecule has 0 amide bonds. The van der Waals surface area contributed by atoms with Crippen molar-refractivity contribution in [1.82, 2.24) is 14.5 Å². The highest BCUT2D eigenvalue weighted by atomic mass is 16.3. The Morgan fingerprint density at radius 2 is 1.88 bits per heavy atom. The Morgan fingerprint density at radius 3 is 2.64 bits per heavy atom. The van der Waals surface area contributed by atoms with Crippen molar-refractivity contribution in [2.24, 2.45) is 11.3 Å². The molecule has 4 heterocycles. The second-order valence-corrected chi connectivity index (χ2v) is 8.85. The zero-order valence-electron chi connectivity index (χ0n) is 14.7. The number of nitrogens with zero attached hydrogens (tertiary/aromatic N) is 3. The first-order chi connectivity index (χ1) is 12.2. The molecular formula is C21H25N3O. The third-order valence-corrected chi connectivity index (χ3v) is 7.87. The van der Waals surface area contributed by atoms with E-state index in [-0.39, 0.29) is 17.6 Å². The van der Waals surface area contributed by atoms with Crippen LogP contribution in [0.1, 0.15) is 43.7 Å². The van der Waals surface area contributed by atoms with E-state index in [9.17, 15) is 5.11 Å². The van der Waals surface area contributed by atoms with E-state index in [0.717, 1.165) is 6.42 Å². The molecule has 3 fully saturated rings. The maximum absolute atomic E-state index is 11.3. The first-order valence-corrected chi connectivity index (χ1v) is 9.69. The summed E-state index contributed by atoms with van der Waals surface area (Å²) in [5.74, 6) is 0.319. The minimum absolute atomic E-state index is 0.168. The van der Waals surface area contributed by atoms with E-state index in [0.29, 0.717) is 18.0 Å². The van der Waals surface area contributed by atoms with Crippen LogP contribution in [0.4, 0.5) is 0 Å². The lowest BCUT2D eigenvalue weighted by Gasteiger charge is -2.59. The van der Waals surface area contributed by atoms with Gasteiger partial charge in [-0.05, 0) is 44.7 Å². The Morgan fingerprint density at radius 1 is 1.12 bits per heavy atom. The third-order valence-electron chi connectivity index (χ3n) is 7.87. The molecule has 0 unspecified atom stereocenters. The van der Waals surface area contributed by atoms with Gasteiger partial charge >= 0.3 is 0 Å². The number of fused-ring (bicyclic) bond motifs is 5. The quantitative estimate of drug-likeness (QED) is 0.871. The van der Waals surface area contributed by atoms with Crippen LogP contribution in [0, 0.1) is 11.3 Å². The van der Waals surface area contributed by atoms with Gasteiger partial charge < -0.3 is 14.6 Å². The van der Waals surface area contributed by atoms with Crippen LogP contribution in [0.25, 0.3) is 11.3 Å². The summed E-state index contributed by atoms with van der Waals surface area (Å²) in [4.78, 5) is 6.96. The fourth-order valence-corrected chi connectivity index (χ4v) is 6.60. The Bertz CT molecular complexity index is 829. The molecule has 1 aromatic heterocycles. The lowest BCUT2D eigenvalue weighted by atomic mass is 9.52. The Kier molecular flexibility index (Phi) is 2.75. The van der Waals surface area contributed by atoms with Crippen molar-refractivity contribution in [3.05, 3.63) is 42.4 Å². The molecule has 25 heavy (non-hydrogen) atoms. The van der Waals surface area contributed by atoms with E-state index < -0.39 is 0 Å². The van der Waals surface area contributed by atoms with Gasteiger partial charge in [0.15, 0.2) is 0 Å². The van der Waals surface area contributed by atoms with Crippen molar-refractivity contribution in [3.63, 3.8) is 0 Å². The standard InChI is InChI=1S/C21H25N3O/c1-23-13-6-7-14(23)9-21(8-13)10-17(20(21)25)19-16-5-3-2-4-15(16)18-11-22-12-24(18)19/h2-5,11-14,17,19-20,25H,6-10H2,1H3/t13-,14+,17-,19+,20+,21+/m0/s1. The van der Waals surface area contributed by atoms with Crippen LogP contribution >= 0.6 is 0 Å². The minimum atomic E-state index is -0.185. The van der Waals surface area contributed by atoms with Crippen molar-refractivity contribution < 1.29 is 5.11 Å². The summed E-state index contributed by atoms with van der Waals surface area (Å²) in [6.07, 6.45) is 9.90. The van der Waals surface area contributed by atoms with Crippen LogP contribution in [0.3, 0.4) is 0 Å². The van der Waals surface area contributed by atoms with Gasteiger partial charge in [-0.1, -0.05) is 24.3 Å². The van der Waals surface area contributed by atoms with E-state index in [1.165, 1.54) is 42.5 Å². The maximum atomic E-state index is 11.3. The number of aromatic nitrogens is 2. The van der Waals surface area contributed by atoms with Gasteiger partial charge in [0.2, 0.25) is 0 Å². The monoisotopic (exact) mass is 335 g/mol. The highest BCUT2D eigenvalue weighted by molar-refractivity contribution is 5.69. The van der Waals surface area contributed by atoms with Crippen LogP contribution in [0.15, 0.2) is 36.8 Å². The second kappa shape index (κ2) is 4.74. The van der Waals surface area contributed by atoms with E-state index in [4.69, 9.17) is 0 Å². The molecule has 4 nitrogen and oxygen atoms in total. The van der Waals surface area contributed by atoms with Crippen LogP contribution in [-0.2, 0) is 0 Å². The molecule has 1 spiro atoms. The lowest BCUT2D eigenvalue weighted by molar-refractivity contribution is -0.168. The summed E-state index contributed by atoms with van der Waals surface area (Å²) < 4.78 is 2.30. The van der Waals surface area contributed by atoms with Gasteiger partial charge in [-0.15, -0.1) is 0 Å². The summed E-state index contributed by atoms with van der Waals surface area (Å²) in [5, 5.41) is 11.3. The number of rotatable bonds is 1. The van der Waals surface area contributed by atoms with Crippen molar-refractivity contribution >= 4 is 0 Å². The number of hydrogen-bond acceptors (Lipinski definition) is 3. The van der Waals surface area contributed by atoms with E-state index in [1.807, 2.05) is 12.5 Å². The van der Waals surface area contributed by atoms with Crippen LogP contribution in [0.5, 0.6) is 0 Å². The predicted octanol–water partition coefficient (Wildman–Crippen LogP) is 3.08. The molecule has 2 aromatic rings. The molecule has 6 atom stereocenters. The molecule has 3 aliphatic heterocycles. The molecule has 2 bridgehead atoms. The topological polar surface area (TPSA) is 41.3 Å². The first kappa shape index (κ1) is 14.5. The number of benzene rings is 1. The average molecular weight is 335 g/mol. The second-order valence-electron chi connectivity index (χ2n) is 8.85. The number of aliphatic hydroxyl groups excluding tert-OH is 1. The van der Waals surface area contributed by atoms with Crippen molar-refractivity contribution in [2.45, 2.75) is 56.3 Å². The van der Waals surface area contributed by atoms with Gasteiger partial charge in [-0.25, -0.2) is 4.98 Å². The largest absolute Gasteiger partial charge is 0.392 e. The first-order valence-electron chi connectivity index (χ1n) is 9.69. The zero-order valence-corrected chi connectivity index (χ0v) is 14.7. The molecule has 4 aliphatic rings. The summed E-state index contributed by atoms with van der Waals surface area (Å²) in [6, 6.07) is 10.3. The van der Waals surface area contributed by atoms with Gasteiger partial charge in [-0.2, -0.15) is 0 Å². The van der Waals surface area contributed by atoms with E-state index in [2.05, 4.69) is 45.8 Å². The van der Waals surface area contributed by atoms with Crippen molar-refractivity contribution in [2.75, 3.05) is 7.05 Å². The predicted molar refractivity (Wildman–Crippen MR) is 96.2 cm³/mol. The van der Waals surface area contributed by atoms with Gasteiger partial charge in [0.05, 0.1) is 30.4 Å². The summed E-state index contributed by atoms with van der Waals surface area (Å²) in [5.41, 5.74) is 4.04. The zero-order chi connectivity index (χ0) is 16.8. The highest BCUT2D eigenvalue weighted by Crippen LogP contribution is 2.62. The van der Waals surface area contributed by atoms with Crippen LogP contribution in [-0.4, -0.2) is 44.8 Å². The smallest absolute Gasteiger partial charge is 0.0956 e. The molecule has 2 saturated heterocycles. The molecule has 6 rings (SSSR count). The summed E-state index contributed by atoms with van der Waals surface area (Å²) in [6.45, 7) is 0. The average Bonchev–Trinajstić information content (AvgIpc) is 3.25. The summed E-state index contributed by atoms with van der Waals surface area (Å²) in [7, 11) is 2.28. The van der Waals surface area contributed by atoms with Crippen LogP contribution in [0.2, 0.25) is 0 Å². The van der Waals surface area contributed by atoms with Gasteiger partial charge in [0, 0.05) is 29.0 Å². The number of aliphatic hydroxyl groups is 1. The molecule has 1 N–H and O–H groups in total. The molecule has 1 aromatic carbocycles. The SMILES string of the molecule is CN1[C@@H]2CC[C@H]1C[C@]1(C[C@@H]([C@H]3c4ccccc4-c4cncn43)[C@H]1O)C2. The number of piperidine rings is 1. The summed E-state index contributed by atoms with van der Waals surface area (Å²) >= 11 is 0. The maximum Gasteiger partial charge on any atom is 0.0956 e. The molecule has 0 radical (unpaired) electrons. The van der Waals surface area contributed by atoms with Crippen LogP contribution < -0.4 is 0 Å². The molecule has 1 aliphatic carbocycles. The van der Waals surface area contributed by atoms with Gasteiger partial charge in [0.25, 0.3) is 0 Å². The van der Waals surface area contributed by atoms with E-state index in [1.54, 1.807) is 0 Å². The van der Waals surface area contributed by atoms with Gasteiger partial charge in [0.1, 0.15) is 0 Å². The normalized spacial score (nSPS) is 41.6. The molecule has 130 valence electrons. The minimum Gasteiger partial charge on any atom is -0.392 e. The lowest BCUT2D eigenvalue weighted by Crippen LogP contribution is -2.61. The van der Waals surface area contributed by atoms with Crippen molar-refractivity contribution in [3.8, 4) is 11.3 Å². The molecule has 4 heteroatoms. The fraction of sp³-hybridized carbons (Fsp3) is 0.571.